The van der Waals surface area contributed by atoms with Gasteiger partial charge in [-0.1, -0.05) is 29.8 Å². The lowest BCUT2D eigenvalue weighted by molar-refractivity contribution is -0.116. The number of amides is 1. The summed E-state index contributed by atoms with van der Waals surface area (Å²) in [5.41, 5.74) is 2.83. The molecule has 1 aromatic heterocycles. The number of thioether (sulfide) groups is 1. The molecule has 0 saturated carbocycles. The zero-order chi connectivity index (χ0) is 21.1. The van der Waals surface area contributed by atoms with Gasteiger partial charge in [-0.3, -0.25) is 14.5 Å². The van der Waals surface area contributed by atoms with Crippen LogP contribution in [0.15, 0.2) is 41.3 Å². The highest BCUT2D eigenvalue weighted by Gasteiger charge is 2.17. The summed E-state index contributed by atoms with van der Waals surface area (Å²) in [5.74, 6) is 1.96. The number of nitrogens with zero attached hydrogens (tertiary/aromatic N) is 2. The molecule has 3 aromatic rings. The molecule has 1 amide bonds. The van der Waals surface area contributed by atoms with Gasteiger partial charge < -0.3 is 14.8 Å². The minimum atomic E-state index is -0.111. The Morgan fingerprint density at radius 3 is 2.63 bits per heavy atom. The van der Waals surface area contributed by atoms with Crippen molar-refractivity contribution in [1.82, 2.24) is 14.8 Å². The predicted octanol–water partition coefficient (Wildman–Crippen LogP) is 4.44. The molecule has 156 valence electrons. The maximum absolute atomic E-state index is 12.7. The Bertz CT molecular complexity index is 1120. The maximum Gasteiger partial charge on any atom is 0.226 e. The number of carbonyl (C=O) groups is 1. The lowest BCUT2D eigenvalue weighted by atomic mass is 10.1. The van der Waals surface area contributed by atoms with Crippen LogP contribution in [0.1, 0.15) is 12.0 Å². The summed E-state index contributed by atoms with van der Waals surface area (Å²) in [7, 11) is 0. The normalized spacial score (nSPS) is 12.6. The van der Waals surface area contributed by atoms with Gasteiger partial charge in [-0.25, -0.2) is 0 Å². The fourth-order valence-corrected chi connectivity index (χ4v) is 3.99. The van der Waals surface area contributed by atoms with Crippen molar-refractivity contribution in [3.05, 3.63) is 46.7 Å². The number of carbonyl (C=O) groups excluding carboxylic acids is 1. The second-order valence-corrected chi connectivity index (χ2v) is 8.10. The summed E-state index contributed by atoms with van der Waals surface area (Å²) in [6.07, 6.45) is 2.22. The first-order chi connectivity index (χ1) is 14.5. The van der Waals surface area contributed by atoms with Crippen LogP contribution in [0, 0.1) is 11.7 Å². The van der Waals surface area contributed by atoms with Gasteiger partial charge in [0.1, 0.15) is 13.2 Å². The van der Waals surface area contributed by atoms with Gasteiger partial charge in [-0.2, -0.15) is 5.10 Å². The third-order valence-corrected chi connectivity index (χ3v) is 5.86. The van der Waals surface area contributed by atoms with Crippen LogP contribution in [-0.2, 0) is 11.3 Å². The fraction of sp³-hybridized carbons (Fsp3) is 0.286. The minimum absolute atomic E-state index is 0.111. The molecule has 0 spiro atoms. The van der Waals surface area contributed by atoms with E-state index in [0.717, 1.165) is 16.3 Å². The Hall–Kier alpha value is -2.78. The third-order valence-electron chi connectivity index (χ3n) is 4.77. The summed E-state index contributed by atoms with van der Waals surface area (Å²) < 4.78 is 13.6. The zero-order valence-electron chi connectivity index (χ0n) is 16.7. The molecule has 2 heterocycles. The van der Waals surface area contributed by atoms with Crippen LogP contribution < -0.4 is 14.8 Å². The maximum atomic E-state index is 12.7. The van der Waals surface area contributed by atoms with Crippen molar-refractivity contribution in [3.63, 3.8) is 0 Å². The summed E-state index contributed by atoms with van der Waals surface area (Å²) in [6.45, 7) is 3.48. The van der Waals surface area contributed by atoms with E-state index >= 15 is 0 Å². The van der Waals surface area contributed by atoms with Crippen molar-refractivity contribution in [2.75, 3.05) is 24.8 Å². The molecule has 7 nitrogen and oxygen atoms in total. The highest BCUT2D eigenvalue weighted by atomic mass is 32.2. The van der Waals surface area contributed by atoms with Crippen LogP contribution in [0.4, 0.5) is 5.69 Å². The number of H-pyrrole nitrogens is 1. The van der Waals surface area contributed by atoms with Gasteiger partial charge in [0, 0.05) is 29.5 Å². The molecule has 0 aliphatic carbocycles. The lowest BCUT2D eigenvalue weighted by Crippen LogP contribution is -2.18. The molecule has 0 atom stereocenters. The minimum Gasteiger partial charge on any atom is -0.486 e. The number of nitrogens with one attached hydrogen (secondary N) is 2. The molecule has 0 unspecified atom stereocenters. The van der Waals surface area contributed by atoms with E-state index in [1.54, 1.807) is 11.8 Å². The van der Waals surface area contributed by atoms with Gasteiger partial charge in [-0.05, 0) is 31.5 Å². The largest absolute Gasteiger partial charge is 0.486 e. The average molecular weight is 443 g/mol. The number of hydrogen-bond acceptors (Lipinski definition) is 6. The van der Waals surface area contributed by atoms with Gasteiger partial charge in [0.15, 0.2) is 22.1 Å². The molecular weight excluding hydrogens is 420 g/mol. The number of aromatic nitrogens is 3. The van der Waals surface area contributed by atoms with E-state index in [9.17, 15) is 4.79 Å². The molecule has 1 aliphatic rings. The monoisotopic (exact) mass is 442 g/mol. The van der Waals surface area contributed by atoms with Crippen LogP contribution >= 0.6 is 24.0 Å². The Labute approximate surface area is 183 Å². The van der Waals surface area contributed by atoms with E-state index < -0.39 is 0 Å². The van der Waals surface area contributed by atoms with Crippen LogP contribution in [-0.4, -0.2) is 40.1 Å². The van der Waals surface area contributed by atoms with Gasteiger partial charge in [0.2, 0.25) is 5.91 Å². The molecule has 2 N–H and O–H groups in total. The Balaban J connectivity index is 1.48. The van der Waals surface area contributed by atoms with Crippen molar-refractivity contribution in [2.45, 2.75) is 24.8 Å². The second-order valence-electron chi connectivity index (χ2n) is 6.86. The van der Waals surface area contributed by atoms with E-state index in [0.29, 0.717) is 41.7 Å². The van der Waals surface area contributed by atoms with Gasteiger partial charge in [0.05, 0.1) is 5.69 Å². The van der Waals surface area contributed by atoms with E-state index in [-0.39, 0.29) is 12.3 Å². The number of aryl methyl sites for hydroxylation is 1. The van der Waals surface area contributed by atoms with Crippen molar-refractivity contribution in [1.29, 1.82) is 0 Å². The quantitative estimate of drug-likeness (QED) is 0.434. The number of benzene rings is 2. The van der Waals surface area contributed by atoms with E-state index in [4.69, 9.17) is 21.7 Å². The molecule has 0 saturated heterocycles. The van der Waals surface area contributed by atoms with Gasteiger partial charge >= 0.3 is 0 Å². The summed E-state index contributed by atoms with van der Waals surface area (Å²) in [4.78, 5) is 13.6. The van der Waals surface area contributed by atoms with E-state index in [2.05, 4.69) is 15.5 Å². The summed E-state index contributed by atoms with van der Waals surface area (Å²) >= 11 is 6.91. The first-order valence-electron chi connectivity index (χ1n) is 9.55. The van der Waals surface area contributed by atoms with Crippen molar-refractivity contribution in [3.8, 4) is 22.9 Å². The Morgan fingerprint density at radius 1 is 1.23 bits per heavy atom. The number of anilines is 1. The van der Waals surface area contributed by atoms with Crippen LogP contribution in [0.2, 0.25) is 0 Å². The van der Waals surface area contributed by atoms with Crippen molar-refractivity contribution < 1.29 is 14.3 Å². The molecule has 4 rings (SSSR count). The highest BCUT2D eigenvalue weighted by molar-refractivity contribution is 7.98. The third kappa shape index (κ3) is 4.36. The molecule has 0 radical (unpaired) electrons. The topological polar surface area (TPSA) is 81.2 Å². The first-order valence-corrected chi connectivity index (χ1v) is 11.2. The molecule has 0 bridgehead atoms. The van der Waals surface area contributed by atoms with Gasteiger partial charge in [-0.15, -0.1) is 11.8 Å². The van der Waals surface area contributed by atoms with E-state index in [1.807, 2.05) is 54.1 Å². The average Bonchev–Trinajstić information content (AvgIpc) is 3.12. The number of rotatable bonds is 6. The predicted molar refractivity (Wildman–Crippen MR) is 120 cm³/mol. The van der Waals surface area contributed by atoms with Crippen molar-refractivity contribution in [2.24, 2.45) is 0 Å². The van der Waals surface area contributed by atoms with Crippen LogP contribution in [0.5, 0.6) is 11.5 Å². The number of fused-ring (bicyclic) bond motifs is 1. The number of hydrogen-bond donors (Lipinski definition) is 2. The molecule has 0 fully saturated rings. The molecule has 2 aromatic carbocycles. The lowest BCUT2D eigenvalue weighted by Gasteiger charge is -2.21. The zero-order valence-corrected chi connectivity index (χ0v) is 18.4. The number of aromatic amines is 1. The standard InChI is InChI=1S/C21H22N4O3S2/c1-13-3-5-14(6-4-13)20-23-24-21(29)25(20)8-7-19(26)22-15-11-16-17(12-18(15)30-2)28-10-9-27-16/h3-6,11-12H,7-10H2,1-2H3,(H,22,26)(H,24,29). The Morgan fingerprint density at radius 2 is 1.93 bits per heavy atom. The molecule has 30 heavy (non-hydrogen) atoms. The number of ether oxygens (including phenoxy) is 2. The molecule has 9 heteroatoms. The summed E-state index contributed by atoms with van der Waals surface area (Å²) in [5, 5.41) is 10.1. The first kappa shape index (κ1) is 20.5. The molecule has 1 aliphatic heterocycles. The van der Waals surface area contributed by atoms with E-state index in [1.165, 1.54) is 5.56 Å². The highest BCUT2D eigenvalue weighted by Crippen LogP contribution is 2.39. The van der Waals surface area contributed by atoms with Crippen LogP contribution in [0.3, 0.4) is 0 Å². The fourth-order valence-electron chi connectivity index (χ4n) is 3.21. The van der Waals surface area contributed by atoms with Crippen molar-refractivity contribution >= 4 is 35.6 Å². The molecular formula is C21H22N4O3S2. The SMILES string of the molecule is CSc1cc2c(cc1NC(=O)CCn1c(-c3ccc(C)cc3)n[nH]c1=S)OCCO2. The second kappa shape index (κ2) is 8.93. The van der Waals surface area contributed by atoms with Gasteiger partial charge in [0.25, 0.3) is 0 Å². The Kier molecular flexibility index (Phi) is 6.10. The smallest absolute Gasteiger partial charge is 0.226 e. The summed E-state index contributed by atoms with van der Waals surface area (Å²) in [6, 6.07) is 11.8. The van der Waals surface area contributed by atoms with Crippen LogP contribution in [0.25, 0.3) is 11.4 Å².